The van der Waals surface area contributed by atoms with Crippen molar-refractivity contribution in [3.8, 4) is 0 Å². The van der Waals surface area contributed by atoms with Crippen molar-refractivity contribution in [1.29, 1.82) is 0 Å². The van der Waals surface area contributed by atoms with Crippen LogP contribution >= 0.6 is 0 Å². The van der Waals surface area contributed by atoms with Crippen molar-refractivity contribution < 1.29 is 22.4 Å². The Hall–Kier alpha value is -3.46. The minimum Gasteiger partial charge on any atom is -0.357 e. The molecule has 3 aromatic carbocycles. The van der Waals surface area contributed by atoms with E-state index in [9.17, 15) is 22.4 Å². The molecule has 0 spiro atoms. The van der Waals surface area contributed by atoms with Crippen LogP contribution in [0.2, 0.25) is 0 Å². The molecule has 0 bridgehead atoms. The van der Waals surface area contributed by atoms with Crippen molar-refractivity contribution in [1.82, 2.24) is 10.2 Å². The molecule has 4 rings (SSSR count). The Balaban J connectivity index is 1.49. The zero-order chi connectivity index (χ0) is 24.5. The highest BCUT2D eigenvalue weighted by atomic mass is 32.2. The fourth-order valence-corrected chi connectivity index (χ4v) is 6.04. The molecule has 0 aromatic heterocycles. The molecule has 0 saturated carbocycles. The normalized spacial score (nSPS) is 14.7. The number of hydrogen-bond acceptors (Lipinski definition) is 4. The molecule has 0 aliphatic carbocycles. The van der Waals surface area contributed by atoms with Crippen molar-refractivity contribution in [2.45, 2.75) is 37.2 Å². The van der Waals surface area contributed by atoms with Gasteiger partial charge < -0.3 is 10.2 Å². The Bertz CT molecular complexity index is 1340. The summed E-state index contributed by atoms with van der Waals surface area (Å²) < 4.78 is 40.9. The van der Waals surface area contributed by atoms with E-state index in [2.05, 4.69) is 5.32 Å². The maximum Gasteiger partial charge on any atom is 0.265 e. The lowest BCUT2D eigenvalue weighted by Crippen LogP contribution is -2.46. The molecule has 0 radical (unpaired) electrons. The van der Waals surface area contributed by atoms with Gasteiger partial charge in [-0.3, -0.25) is 13.9 Å². The molecule has 1 atom stereocenters. The SMILES string of the molecule is CNC(=O)[C@H](C)N(Cc1ccc(F)cc1)C(=O)CCCN1c2cccc3cccc(c23)S1(=O)=O. The van der Waals surface area contributed by atoms with Crippen molar-refractivity contribution in [2.75, 3.05) is 17.9 Å². The Morgan fingerprint density at radius 2 is 1.74 bits per heavy atom. The highest BCUT2D eigenvalue weighted by Gasteiger charge is 2.35. The number of rotatable bonds is 8. The summed E-state index contributed by atoms with van der Waals surface area (Å²) in [5.74, 6) is -0.990. The molecule has 178 valence electrons. The van der Waals surface area contributed by atoms with Crippen LogP contribution in [0.4, 0.5) is 10.1 Å². The molecule has 34 heavy (non-hydrogen) atoms. The Morgan fingerprint density at radius 3 is 2.41 bits per heavy atom. The van der Waals surface area contributed by atoms with Gasteiger partial charge in [-0.2, -0.15) is 0 Å². The van der Waals surface area contributed by atoms with Gasteiger partial charge in [0.2, 0.25) is 11.8 Å². The lowest BCUT2D eigenvalue weighted by atomic mass is 10.1. The highest BCUT2D eigenvalue weighted by Crippen LogP contribution is 2.42. The van der Waals surface area contributed by atoms with E-state index in [-0.39, 0.29) is 48.5 Å². The highest BCUT2D eigenvalue weighted by molar-refractivity contribution is 7.93. The topological polar surface area (TPSA) is 86.8 Å². The van der Waals surface area contributed by atoms with Crippen LogP contribution < -0.4 is 9.62 Å². The minimum absolute atomic E-state index is 0.0564. The monoisotopic (exact) mass is 483 g/mol. The summed E-state index contributed by atoms with van der Waals surface area (Å²) in [6.45, 7) is 1.91. The third-order valence-corrected chi connectivity index (χ3v) is 7.97. The standard InChI is InChI=1S/C25H26FN3O4S/c1-17(25(31)27-2)28(16-18-11-13-20(26)14-12-18)23(30)10-5-15-29-21-8-3-6-19-7-4-9-22(24(19)21)34(29,32)33/h3-4,6-9,11-14,17H,5,10,15-16H2,1-2H3,(H,27,31)/t17-/m0/s1. The van der Waals surface area contributed by atoms with Gasteiger partial charge in [0.25, 0.3) is 10.0 Å². The van der Waals surface area contributed by atoms with Gasteiger partial charge in [-0.05, 0) is 48.6 Å². The number of carbonyl (C=O) groups is 2. The average Bonchev–Trinajstić information content (AvgIpc) is 3.05. The fraction of sp³-hybridized carbons (Fsp3) is 0.280. The molecule has 1 heterocycles. The number of amides is 2. The number of hydrogen-bond donors (Lipinski definition) is 1. The largest absolute Gasteiger partial charge is 0.357 e. The maximum absolute atomic E-state index is 13.3. The first-order chi connectivity index (χ1) is 16.2. The summed E-state index contributed by atoms with van der Waals surface area (Å²) >= 11 is 0. The van der Waals surface area contributed by atoms with Crippen LogP contribution in [0.15, 0.2) is 65.6 Å². The summed E-state index contributed by atoms with van der Waals surface area (Å²) in [4.78, 5) is 27.1. The number of halogens is 1. The van der Waals surface area contributed by atoms with E-state index in [1.165, 1.54) is 28.4 Å². The zero-order valence-electron chi connectivity index (χ0n) is 19.0. The predicted octanol–water partition coefficient (Wildman–Crippen LogP) is 3.43. The van der Waals surface area contributed by atoms with Gasteiger partial charge in [-0.1, -0.05) is 36.4 Å². The van der Waals surface area contributed by atoms with Gasteiger partial charge in [-0.15, -0.1) is 0 Å². The van der Waals surface area contributed by atoms with E-state index < -0.39 is 16.1 Å². The first-order valence-electron chi connectivity index (χ1n) is 11.0. The molecule has 3 aromatic rings. The van der Waals surface area contributed by atoms with E-state index >= 15 is 0 Å². The molecule has 0 unspecified atom stereocenters. The number of nitrogens with zero attached hydrogens (tertiary/aromatic N) is 2. The van der Waals surface area contributed by atoms with Gasteiger partial charge in [0.15, 0.2) is 0 Å². The van der Waals surface area contributed by atoms with Gasteiger partial charge in [0.05, 0.1) is 10.6 Å². The summed E-state index contributed by atoms with van der Waals surface area (Å²) in [7, 11) is -2.20. The summed E-state index contributed by atoms with van der Waals surface area (Å²) in [6.07, 6.45) is 0.337. The molecule has 1 aliphatic rings. The molecular formula is C25H26FN3O4S. The smallest absolute Gasteiger partial charge is 0.265 e. The number of anilines is 1. The van der Waals surface area contributed by atoms with Crippen LogP contribution in [0, 0.1) is 5.82 Å². The second-order valence-corrected chi connectivity index (χ2v) is 10.1. The predicted molar refractivity (Wildman–Crippen MR) is 128 cm³/mol. The fourth-order valence-electron chi connectivity index (χ4n) is 4.29. The number of benzene rings is 3. The average molecular weight is 484 g/mol. The van der Waals surface area contributed by atoms with Crippen molar-refractivity contribution >= 4 is 38.3 Å². The zero-order valence-corrected chi connectivity index (χ0v) is 19.8. The van der Waals surface area contributed by atoms with Crippen molar-refractivity contribution in [3.05, 3.63) is 72.0 Å². The molecule has 2 amide bonds. The Labute approximate surface area is 198 Å². The first kappa shape index (κ1) is 23.7. The lowest BCUT2D eigenvalue weighted by Gasteiger charge is -2.29. The van der Waals surface area contributed by atoms with Crippen LogP contribution in [0.5, 0.6) is 0 Å². The van der Waals surface area contributed by atoms with Crippen LogP contribution in [-0.4, -0.2) is 44.8 Å². The van der Waals surface area contributed by atoms with Gasteiger partial charge in [-0.25, -0.2) is 12.8 Å². The van der Waals surface area contributed by atoms with Crippen LogP contribution in [0.25, 0.3) is 10.8 Å². The van der Waals surface area contributed by atoms with Crippen molar-refractivity contribution in [2.24, 2.45) is 0 Å². The van der Waals surface area contributed by atoms with Crippen molar-refractivity contribution in [3.63, 3.8) is 0 Å². The molecule has 9 heteroatoms. The third kappa shape index (κ3) is 4.35. The van der Waals surface area contributed by atoms with E-state index in [1.54, 1.807) is 37.3 Å². The third-order valence-electron chi connectivity index (χ3n) is 6.11. The Morgan fingerprint density at radius 1 is 1.06 bits per heavy atom. The molecule has 7 nitrogen and oxygen atoms in total. The lowest BCUT2D eigenvalue weighted by molar-refractivity contribution is -0.140. The summed E-state index contributed by atoms with van der Waals surface area (Å²) in [5.41, 5.74) is 1.30. The number of carbonyl (C=O) groups excluding carboxylic acids is 2. The van der Waals surface area contributed by atoms with Gasteiger partial charge in [0, 0.05) is 31.9 Å². The van der Waals surface area contributed by atoms with Crippen LogP contribution in [-0.2, 0) is 26.2 Å². The number of likely N-dealkylation sites (N-methyl/N-ethyl adjacent to an activating group) is 1. The summed E-state index contributed by atoms with van der Waals surface area (Å²) in [5, 5.41) is 4.09. The second-order valence-electron chi connectivity index (χ2n) is 8.25. The molecule has 0 fully saturated rings. The maximum atomic E-state index is 13.3. The Kier molecular flexibility index (Phi) is 6.56. The molecule has 0 saturated heterocycles. The first-order valence-corrected chi connectivity index (χ1v) is 12.5. The summed E-state index contributed by atoms with van der Waals surface area (Å²) in [6, 6.07) is 15.7. The molecule has 1 N–H and O–H groups in total. The van der Waals surface area contributed by atoms with Gasteiger partial charge in [0.1, 0.15) is 11.9 Å². The molecule has 1 aliphatic heterocycles. The van der Waals surface area contributed by atoms with E-state index in [0.29, 0.717) is 16.6 Å². The minimum atomic E-state index is -3.69. The van der Waals surface area contributed by atoms with E-state index in [4.69, 9.17) is 0 Å². The number of sulfonamides is 1. The van der Waals surface area contributed by atoms with E-state index in [0.717, 1.165) is 5.39 Å². The number of nitrogens with one attached hydrogen (secondary N) is 1. The van der Waals surface area contributed by atoms with Gasteiger partial charge >= 0.3 is 0 Å². The van der Waals surface area contributed by atoms with E-state index in [1.807, 2.05) is 18.2 Å². The quantitative estimate of drug-likeness (QED) is 0.532. The van der Waals surface area contributed by atoms with Crippen LogP contribution in [0.3, 0.4) is 0 Å². The van der Waals surface area contributed by atoms with Crippen LogP contribution in [0.1, 0.15) is 25.3 Å². The molecular weight excluding hydrogens is 457 g/mol. The second kappa shape index (κ2) is 9.42.